The largest absolute Gasteiger partial charge is 0.381 e. The van der Waals surface area contributed by atoms with Crippen LogP contribution in [0.25, 0.3) is 0 Å². The minimum atomic E-state index is 0.253. The van der Waals surface area contributed by atoms with Gasteiger partial charge in [-0.25, -0.2) is 0 Å². The first-order chi connectivity index (χ1) is 5.72. The maximum absolute atomic E-state index is 5.83. The third-order valence-corrected chi connectivity index (χ3v) is 2.05. The second-order valence-electron chi connectivity index (χ2n) is 2.88. The first-order valence-corrected chi connectivity index (χ1v) is 4.37. The molecule has 1 aromatic carbocycles. The van der Waals surface area contributed by atoms with E-state index in [9.17, 15) is 0 Å². The van der Waals surface area contributed by atoms with E-state index in [0.29, 0.717) is 0 Å². The van der Waals surface area contributed by atoms with Crippen LogP contribution in [0.1, 0.15) is 12.5 Å². The van der Waals surface area contributed by atoms with Crippen molar-refractivity contribution in [2.24, 2.45) is 0 Å². The Morgan fingerprint density at radius 2 is 2.25 bits per heavy atom. The zero-order valence-corrected chi connectivity index (χ0v) is 8.14. The van der Waals surface area contributed by atoms with E-state index in [1.807, 2.05) is 25.1 Å². The molecule has 0 radical (unpaired) electrons. The molecule has 12 heavy (non-hydrogen) atoms. The Balaban J connectivity index is 2.63. The fourth-order valence-electron chi connectivity index (χ4n) is 1.08. The fourth-order valence-corrected chi connectivity index (χ4v) is 1.29. The van der Waals surface area contributed by atoms with Crippen molar-refractivity contribution >= 4 is 11.6 Å². The van der Waals surface area contributed by atoms with Gasteiger partial charge in [0, 0.05) is 12.1 Å². The zero-order valence-electron chi connectivity index (χ0n) is 7.38. The maximum atomic E-state index is 5.83. The van der Waals surface area contributed by atoms with Crippen molar-refractivity contribution in [2.75, 3.05) is 7.11 Å². The second-order valence-corrected chi connectivity index (χ2v) is 3.32. The predicted molar refractivity (Wildman–Crippen MR) is 51.6 cm³/mol. The SMILES string of the molecule is CO[C@@H](C)Cc1cccc(Cl)c1. The standard InChI is InChI=1S/C10H13ClO/c1-8(12-2)6-9-4-3-5-10(11)7-9/h3-5,7-8H,6H2,1-2H3/t8-/m0/s1. The van der Waals surface area contributed by atoms with Gasteiger partial charge in [-0.3, -0.25) is 0 Å². The highest BCUT2D eigenvalue weighted by Crippen LogP contribution is 2.12. The van der Waals surface area contributed by atoms with E-state index in [-0.39, 0.29) is 6.10 Å². The van der Waals surface area contributed by atoms with Crippen molar-refractivity contribution in [2.45, 2.75) is 19.4 Å². The summed E-state index contributed by atoms with van der Waals surface area (Å²) in [6.07, 6.45) is 1.17. The summed E-state index contributed by atoms with van der Waals surface area (Å²) >= 11 is 5.83. The van der Waals surface area contributed by atoms with Crippen LogP contribution in [0.2, 0.25) is 5.02 Å². The Morgan fingerprint density at radius 1 is 1.50 bits per heavy atom. The van der Waals surface area contributed by atoms with Gasteiger partial charge in [0.15, 0.2) is 0 Å². The summed E-state index contributed by atoms with van der Waals surface area (Å²) in [4.78, 5) is 0. The van der Waals surface area contributed by atoms with Crippen molar-refractivity contribution in [1.29, 1.82) is 0 Å². The minimum absolute atomic E-state index is 0.253. The molecule has 0 unspecified atom stereocenters. The lowest BCUT2D eigenvalue weighted by Crippen LogP contribution is -2.08. The number of hydrogen-bond donors (Lipinski definition) is 0. The number of ether oxygens (including phenoxy) is 1. The molecule has 1 atom stereocenters. The molecule has 1 nitrogen and oxygen atoms in total. The van der Waals surface area contributed by atoms with E-state index in [0.717, 1.165) is 11.4 Å². The summed E-state index contributed by atoms with van der Waals surface area (Å²) in [7, 11) is 1.72. The average molecular weight is 185 g/mol. The van der Waals surface area contributed by atoms with Gasteiger partial charge in [0.05, 0.1) is 6.10 Å². The van der Waals surface area contributed by atoms with Crippen LogP contribution in [0.5, 0.6) is 0 Å². The van der Waals surface area contributed by atoms with E-state index in [1.165, 1.54) is 5.56 Å². The Hall–Kier alpha value is -0.530. The van der Waals surface area contributed by atoms with Gasteiger partial charge in [0.1, 0.15) is 0 Å². The molecule has 0 N–H and O–H groups in total. The van der Waals surface area contributed by atoms with Crippen LogP contribution in [0.4, 0.5) is 0 Å². The molecule has 0 heterocycles. The van der Waals surface area contributed by atoms with E-state index in [1.54, 1.807) is 7.11 Å². The summed E-state index contributed by atoms with van der Waals surface area (Å²) in [5.74, 6) is 0. The smallest absolute Gasteiger partial charge is 0.0583 e. The van der Waals surface area contributed by atoms with Gasteiger partial charge in [-0.2, -0.15) is 0 Å². The molecule has 0 saturated carbocycles. The van der Waals surface area contributed by atoms with Crippen LogP contribution in [-0.4, -0.2) is 13.2 Å². The zero-order chi connectivity index (χ0) is 8.97. The van der Waals surface area contributed by atoms with Crippen molar-refractivity contribution in [3.8, 4) is 0 Å². The van der Waals surface area contributed by atoms with Gasteiger partial charge in [-0.05, 0) is 31.0 Å². The summed E-state index contributed by atoms with van der Waals surface area (Å²) in [5, 5.41) is 0.788. The van der Waals surface area contributed by atoms with Gasteiger partial charge < -0.3 is 4.74 Å². The molecule has 2 heteroatoms. The van der Waals surface area contributed by atoms with Gasteiger partial charge in [-0.15, -0.1) is 0 Å². The van der Waals surface area contributed by atoms with E-state index in [4.69, 9.17) is 16.3 Å². The molecule has 0 amide bonds. The summed E-state index contributed by atoms with van der Waals surface area (Å²) in [6.45, 7) is 2.04. The summed E-state index contributed by atoms with van der Waals surface area (Å²) < 4.78 is 5.15. The van der Waals surface area contributed by atoms with Crippen molar-refractivity contribution in [3.63, 3.8) is 0 Å². The molecule has 0 aliphatic heterocycles. The first kappa shape index (κ1) is 9.56. The molecule has 0 aliphatic rings. The van der Waals surface area contributed by atoms with Crippen molar-refractivity contribution in [1.82, 2.24) is 0 Å². The maximum Gasteiger partial charge on any atom is 0.0583 e. The molecule has 0 fully saturated rings. The minimum Gasteiger partial charge on any atom is -0.381 e. The molecular formula is C10H13ClO. The third-order valence-electron chi connectivity index (χ3n) is 1.81. The molecule has 1 rings (SSSR count). The lowest BCUT2D eigenvalue weighted by molar-refractivity contribution is 0.119. The molecular weight excluding hydrogens is 172 g/mol. The molecule has 0 spiro atoms. The van der Waals surface area contributed by atoms with Crippen LogP contribution in [0, 0.1) is 0 Å². The van der Waals surface area contributed by atoms with E-state index < -0.39 is 0 Å². The lowest BCUT2D eigenvalue weighted by atomic mass is 10.1. The topological polar surface area (TPSA) is 9.23 Å². The first-order valence-electron chi connectivity index (χ1n) is 3.99. The molecule has 1 aromatic rings. The Morgan fingerprint density at radius 3 is 2.83 bits per heavy atom. The Kier molecular flexibility index (Phi) is 3.57. The lowest BCUT2D eigenvalue weighted by Gasteiger charge is -2.08. The number of methoxy groups -OCH3 is 1. The second kappa shape index (κ2) is 4.48. The Labute approximate surface area is 78.3 Å². The highest BCUT2D eigenvalue weighted by Gasteiger charge is 2.01. The number of halogens is 1. The fraction of sp³-hybridized carbons (Fsp3) is 0.400. The molecule has 66 valence electrons. The summed E-state index contributed by atoms with van der Waals surface area (Å²) in [5.41, 5.74) is 1.22. The Bertz CT molecular complexity index is 247. The van der Waals surface area contributed by atoms with Crippen molar-refractivity contribution < 1.29 is 4.74 Å². The quantitative estimate of drug-likeness (QED) is 0.702. The number of hydrogen-bond acceptors (Lipinski definition) is 1. The normalized spacial score (nSPS) is 12.9. The molecule has 0 bridgehead atoms. The van der Waals surface area contributed by atoms with Crippen LogP contribution >= 0.6 is 11.6 Å². The van der Waals surface area contributed by atoms with Crippen LogP contribution < -0.4 is 0 Å². The van der Waals surface area contributed by atoms with Crippen LogP contribution in [-0.2, 0) is 11.2 Å². The number of rotatable bonds is 3. The van der Waals surface area contributed by atoms with Crippen molar-refractivity contribution in [3.05, 3.63) is 34.9 Å². The third kappa shape index (κ3) is 2.84. The molecule has 0 aromatic heterocycles. The monoisotopic (exact) mass is 184 g/mol. The van der Waals surface area contributed by atoms with Crippen LogP contribution in [0.15, 0.2) is 24.3 Å². The van der Waals surface area contributed by atoms with E-state index in [2.05, 4.69) is 6.07 Å². The van der Waals surface area contributed by atoms with Gasteiger partial charge in [0.2, 0.25) is 0 Å². The average Bonchev–Trinajstić information content (AvgIpc) is 2.04. The highest BCUT2D eigenvalue weighted by molar-refractivity contribution is 6.30. The molecule has 0 saturated heterocycles. The van der Waals surface area contributed by atoms with Crippen LogP contribution in [0.3, 0.4) is 0 Å². The summed E-state index contributed by atoms with van der Waals surface area (Å²) in [6, 6.07) is 7.86. The predicted octanol–water partition coefficient (Wildman–Crippen LogP) is 2.92. The number of benzene rings is 1. The van der Waals surface area contributed by atoms with Gasteiger partial charge in [0.25, 0.3) is 0 Å². The van der Waals surface area contributed by atoms with E-state index >= 15 is 0 Å². The highest BCUT2D eigenvalue weighted by atomic mass is 35.5. The van der Waals surface area contributed by atoms with Gasteiger partial charge >= 0.3 is 0 Å². The molecule has 0 aliphatic carbocycles. The van der Waals surface area contributed by atoms with Gasteiger partial charge in [-0.1, -0.05) is 23.7 Å².